The Morgan fingerprint density at radius 3 is 2.46 bits per heavy atom. The van der Waals surface area contributed by atoms with Gasteiger partial charge in [0.2, 0.25) is 0 Å². The number of halogens is 1. The molecule has 0 amide bonds. The summed E-state index contributed by atoms with van der Waals surface area (Å²) in [4.78, 5) is 11.2. The van der Waals surface area contributed by atoms with E-state index < -0.39 is 11.7 Å². The number of ether oxygens (including phenoxy) is 1. The summed E-state index contributed by atoms with van der Waals surface area (Å²) in [6, 6.07) is 8.18. The Hall–Kier alpha value is -1.10. The van der Waals surface area contributed by atoms with E-state index in [2.05, 4.69) is 16.9 Å². The number of hydrogen-bond donors (Lipinski definition) is 2. The van der Waals surface area contributed by atoms with Crippen LogP contribution in [0.25, 0.3) is 0 Å². The van der Waals surface area contributed by atoms with Crippen LogP contribution in [0.15, 0.2) is 24.3 Å². The third kappa shape index (κ3) is 4.90. The van der Waals surface area contributed by atoms with Crippen molar-refractivity contribution < 1.29 is 19.7 Å². The molecule has 0 bridgehead atoms. The molecule has 2 saturated carbocycles. The summed E-state index contributed by atoms with van der Waals surface area (Å²) in [5, 5.41) is 21.1. The van der Waals surface area contributed by atoms with Crippen LogP contribution in [0.4, 0.5) is 0 Å². The number of alkyl halides is 1. The first-order chi connectivity index (χ1) is 13.4. The summed E-state index contributed by atoms with van der Waals surface area (Å²) in [6.07, 6.45) is 8.42. The first-order valence-electron chi connectivity index (χ1n) is 10.7. The van der Waals surface area contributed by atoms with Crippen LogP contribution in [-0.2, 0) is 15.1 Å². The van der Waals surface area contributed by atoms with Crippen molar-refractivity contribution in [3.8, 4) is 0 Å². The zero-order valence-electron chi connectivity index (χ0n) is 16.8. The van der Waals surface area contributed by atoms with Crippen molar-refractivity contribution in [3.05, 3.63) is 35.4 Å². The van der Waals surface area contributed by atoms with E-state index in [-0.39, 0.29) is 23.2 Å². The standard InChI is InChI=1S/C23H33ClO4/c1-28-21(26)8-5-3-2-4-7-18-19(24)15-20(25)22(18)16-9-11-17(12-10-16)23(27)13-6-14-23/h9-12,18-20,22,25,27H,2-8,13-15H2,1H3/t18-,19+,20?,22?/m0/s1. The Labute approximate surface area is 173 Å². The van der Waals surface area contributed by atoms with Gasteiger partial charge in [-0.1, -0.05) is 43.5 Å². The average molecular weight is 409 g/mol. The fourth-order valence-electron chi connectivity index (χ4n) is 4.81. The highest BCUT2D eigenvalue weighted by molar-refractivity contribution is 6.21. The van der Waals surface area contributed by atoms with E-state index in [1.165, 1.54) is 7.11 Å². The van der Waals surface area contributed by atoms with Gasteiger partial charge in [-0.2, -0.15) is 0 Å². The molecule has 4 nitrogen and oxygen atoms in total. The van der Waals surface area contributed by atoms with Crippen molar-refractivity contribution in [2.75, 3.05) is 7.11 Å². The van der Waals surface area contributed by atoms with Gasteiger partial charge in [-0.3, -0.25) is 4.79 Å². The van der Waals surface area contributed by atoms with E-state index in [4.69, 9.17) is 11.6 Å². The Kier molecular flexibility index (Phi) is 7.41. The number of unbranched alkanes of at least 4 members (excludes halogenated alkanes) is 3. The van der Waals surface area contributed by atoms with Crippen molar-refractivity contribution in [1.82, 2.24) is 0 Å². The summed E-state index contributed by atoms with van der Waals surface area (Å²) in [5.41, 5.74) is 1.46. The van der Waals surface area contributed by atoms with E-state index >= 15 is 0 Å². The second kappa shape index (κ2) is 9.60. The van der Waals surface area contributed by atoms with E-state index in [9.17, 15) is 15.0 Å². The maximum Gasteiger partial charge on any atom is 0.305 e. The number of carbonyl (C=O) groups is 1. The summed E-state index contributed by atoms with van der Waals surface area (Å²) >= 11 is 6.59. The molecule has 2 N–H and O–H groups in total. The fraction of sp³-hybridized carbons (Fsp3) is 0.696. The lowest BCUT2D eigenvalue weighted by molar-refractivity contribution is -0.140. The Balaban J connectivity index is 1.54. The summed E-state index contributed by atoms with van der Waals surface area (Å²) in [6.45, 7) is 0. The zero-order valence-corrected chi connectivity index (χ0v) is 17.5. The SMILES string of the molecule is COC(=O)CCCCCC[C@@H]1C(c2ccc(C3(O)CCC3)cc2)C(O)C[C@H]1Cl. The molecule has 0 aliphatic heterocycles. The van der Waals surface area contributed by atoms with Crippen molar-refractivity contribution in [1.29, 1.82) is 0 Å². The molecule has 28 heavy (non-hydrogen) atoms. The molecule has 2 fully saturated rings. The van der Waals surface area contributed by atoms with E-state index in [1.54, 1.807) is 0 Å². The van der Waals surface area contributed by atoms with Crippen LogP contribution in [0.2, 0.25) is 0 Å². The summed E-state index contributed by atoms with van der Waals surface area (Å²) < 4.78 is 4.67. The Morgan fingerprint density at radius 2 is 1.86 bits per heavy atom. The molecule has 156 valence electrons. The molecular weight excluding hydrogens is 376 g/mol. The van der Waals surface area contributed by atoms with Gasteiger partial charge in [0.15, 0.2) is 0 Å². The van der Waals surface area contributed by atoms with Gasteiger partial charge in [-0.25, -0.2) is 0 Å². The second-order valence-corrected chi connectivity index (χ2v) is 9.11. The maximum atomic E-state index is 11.2. The molecule has 5 heteroatoms. The third-order valence-electron chi connectivity index (χ3n) is 6.72. The highest BCUT2D eigenvalue weighted by atomic mass is 35.5. The van der Waals surface area contributed by atoms with Gasteiger partial charge in [-0.15, -0.1) is 11.6 Å². The van der Waals surface area contributed by atoms with Crippen LogP contribution >= 0.6 is 11.6 Å². The minimum Gasteiger partial charge on any atom is -0.469 e. The number of carbonyl (C=O) groups excluding carboxylic acids is 1. The molecule has 2 aliphatic rings. The van der Waals surface area contributed by atoms with Crippen LogP contribution in [0.3, 0.4) is 0 Å². The third-order valence-corrected chi connectivity index (χ3v) is 7.22. The lowest BCUT2D eigenvalue weighted by Gasteiger charge is -2.37. The Bertz CT molecular complexity index is 641. The molecule has 1 aromatic carbocycles. The molecule has 0 heterocycles. The first-order valence-corrected chi connectivity index (χ1v) is 11.1. The maximum absolute atomic E-state index is 11.2. The number of rotatable bonds is 9. The predicted molar refractivity (Wildman–Crippen MR) is 110 cm³/mol. The smallest absolute Gasteiger partial charge is 0.305 e. The number of hydrogen-bond acceptors (Lipinski definition) is 4. The van der Waals surface area contributed by atoms with Gasteiger partial charge in [0, 0.05) is 17.7 Å². The van der Waals surface area contributed by atoms with Crippen LogP contribution in [0.5, 0.6) is 0 Å². The molecule has 0 radical (unpaired) electrons. The molecule has 0 spiro atoms. The van der Waals surface area contributed by atoms with Gasteiger partial charge in [-0.05, 0) is 55.6 Å². The number of benzene rings is 1. The predicted octanol–water partition coefficient (Wildman–Crippen LogP) is 4.64. The number of methoxy groups -OCH3 is 1. The van der Waals surface area contributed by atoms with Gasteiger partial charge < -0.3 is 14.9 Å². The minimum absolute atomic E-state index is 0.00874. The van der Waals surface area contributed by atoms with Crippen LogP contribution in [-0.4, -0.2) is 34.8 Å². The van der Waals surface area contributed by atoms with Crippen molar-refractivity contribution >= 4 is 17.6 Å². The molecule has 2 unspecified atom stereocenters. The topological polar surface area (TPSA) is 66.8 Å². The number of aliphatic hydroxyl groups excluding tert-OH is 1. The molecule has 0 saturated heterocycles. The van der Waals surface area contributed by atoms with Crippen LogP contribution in [0, 0.1) is 5.92 Å². The Morgan fingerprint density at radius 1 is 1.18 bits per heavy atom. The molecular formula is C23H33ClO4. The second-order valence-electron chi connectivity index (χ2n) is 8.54. The highest BCUT2D eigenvalue weighted by Gasteiger charge is 2.42. The number of aliphatic hydroxyl groups is 2. The molecule has 1 aromatic rings. The summed E-state index contributed by atoms with van der Waals surface area (Å²) in [5.74, 6) is 0.173. The molecule has 2 aliphatic carbocycles. The lowest BCUT2D eigenvalue weighted by atomic mass is 9.74. The van der Waals surface area contributed by atoms with Gasteiger partial charge in [0.25, 0.3) is 0 Å². The van der Waals surface area contributed by atoms with Gasteiger partial charge in [0.05, 0.1) is 18.8 Å². The minimum atomic E-state index is -0.647. The van der Waals surface area contributed by atoms with Crippen molar-refractivity contribution in [2.45, 2.75) is 87.2 Å². The molecule has 3 rings (SSSR count). The van der Waals surface area contributed by atoms with Gasteiger partial charge >= 0.3 is 5.97 Å². The highest BCUT2D eigenvalue weighted by Crippen LogP contribution is 2.46. The fourth-order valence-corrected chi connectivity index (χ4v) is 5.28. The summed E-state index contributed by atoms with van der Waals surface area (Å²) in [7, 11) is 1.42. The van der Waals surface area contributed by atoms with Crippen molar-refractivity contribution in [3.63, 3.8) is 0 Å². The normalized spacial score (nSPS) is 28.7. The first kappa shape index (κ1) is 21.6. The molecule has 0 aromatic heterocycles. The van der Waals surface area contributed by atoms with E-state index in [1.807, 2.05) is 12.1 Å². The number of esters is 1. The van der Waals surface area contributed by atoms with Crippen LogP contribution < -0.4 is 0 Å². The lowest BCUT2D eigenvalue weighted by Crippen LogP contribution is -2.33. The van der Waals surface area contributed by atoms with Crippen LogP contribution in [0.1, 0.15) is 81.3 Å². The average Bonchev–Trinajstić information content (AvgIpc) is 2.95. The monoisotopic (exact) mass is 408 g/mol. The van der Waals surface area contributed by atoms with E-state index in [0.717, 1.165) is 62.5 Å². The van der Waals surface area contributed by atoms with Crippen molar-refractivity contribution in [2.24, 2.45) is 5.92 Å². The quantitative estimate of drug-likeness (QED) is 0.354. The van der Waals surface area contributed by atoms with Gasteiger partial charge in [0.1, 0.15) is 0 Å². The zero-order chi connectivity index (χ0) is 20.1. The molecule has 4 atom stereocenters. The van der Waals surface area contributed by atoms with E-state index in [0.29, 0.717) is 12.8 Å². The largest absolute Gasteiger partial charge is 0.469 e.